The molecule has 0 saturated carbocycles. The number of amides is 1. The Morgan fingerprint density at radius 3 is 2.75 bits per heavy atom. The number of nitrogens with two attached hydrogens (primary N) is 2. The van der Waals surface area contributed by atoms with E-state index in [0.717, 1.165) is 11.8 Å². The smallest absolute Gasteiger partial charge is 0.339 e. The zero-order valence-corrected chi connectivity index (χ0v) is 11.2. The van der Waals surface area contributed by atoms with Crippen LogP contribution in [0.3, 0.4) is 0 Å². The van der Waals surface area contributed by atoms with E-state index >= 15 is 0 Å². The number of carbonyl (C=O) groups is 1. The highest BCUT2D eigenvalue weighted by Crippen LogP contribution is 2.27. The molecule has 0 aliphatic heterocycles. The van der Waals surface area contributed by atoms with Crippen LogP contribution in [0.1, 0.15) is 10.4 Å². The Bertz CT molecular complexity index is 795. The summed E-state index contributed by atoms with van der Waals surface area (Å²) in [5.74, 6) is -0.645. The minimum Gasteiger partial charge on any atom is -0.398 e. The number of anilines is 1. The second kappa shape index (κ2) is 5.21. The van der Waals surface area contributed by atoms with Gasteiger partial charge in [0.2, 0.25) is 0 Å². The van der Waals surface area contributed by atoms with Gasteiger partial charge in [0.05, 0.1) is 5.56 Å². The van der Waals surface area contributed by atoms with Crippen molar-refractivity contribution < 1.29 is 4.79 Å². The number of aromatic amines is 1. The predicted octanol–water partition coefficient (Wildman–Crippen LogP) is -0.699. The van der Waals surface area contributed by atoms with Crippen LogP contribution in [0.25, 0.3) is 0 Å². The molecule has 2 rings (SSSR count). The van der Waals surface area contributed by atoms with Crippen LogP contribution < -0.4 is 22.6 Å². The van der Waals surface area contributed by atoms with E-state index in [4.69, 9.17) is 11.5 Å². The summed E-state index contributed by atoms with van der Waals surface area (Å²) in [6.45, 7) is 0. The van der Waals surface area contributed by atoms with E-state index < -0.39 is 17.0 Å². The molecule has 8 nitrogen and oxygen atoms in total. The standard InChI is InChI=1S/C11H11N5O3S/c1-16-11(14-9(18)10(19)15-16)20-5-2-3-7(12)6(4-5)8(13)17/h2-4H,12H2,1H3,(H2,13,17)(H,15,19). The number of nitrogens with zero attached hydrogens (tertiary/aromatic N) is 2. The quantitative estimate of drug-likeness (QED) is 0.505. The molecule has 0 saturated heterocycles. The van der Waals surface area contributed by atoms with Crippen molar-refractivity contribution in [3.8, 4) is 0 Å². The lowest BCUT2D eigenvalue weighted by Crippen LogP contribution is -2.33. The van der Waals surface area contributed by atoms with Gasteiger partial charge in [0.1, 0.15) is 0 Å². The number of nitrogens with one attached hydrogen (secondary N) is 1. The fraction of sp³-hybridized carbons (Fsp3) is 0.0909. The van der Waals surface area contributed by atoms with Gasteiger partial charge in [-0.15, -0.1) is 0 Å². The summed E-state index contributed by atoms with van der Waals surface area (Å²) < 4.78 is 1.31. The maximum Gasteiger partial charge on any atom is 0.339 e. The first kappa shape index (κ1) is 13.9. The number of H-pyrrole nitrogens is 1. The summed E-state index contributed by atoms with van der Waals surface area (Å²) in [6.07, 6.45) is 0. The molecular weight excluding hydrogens is 282 g/mol. The van der Waals surface area contributed by atoms with E-state index in [0.29, 0.717) is 4.90 Å². The Kier molecular flexibility index (Phi) is 3.61. The van der Waals surface area contributed by atoms with E-state index in [9.17, 15) is 14.4 Å². The van der Waals surface area contributed by atoms with Gasteiger partial charge >= 0.3 is 11.1 Å². The summed E-state index contributed by atoms with van der Waals surface area (Å²) in [5.41, 5.74) is 9.61. The van der Waals surface area contributed by atoms with E-state index in [1.807, 2.05) is 0 Å². The number of carbonyl (C=O) groups excluding carboxylic acids is 1. The number of hydrogen-bond donors (Lipinski definition) is 3. The van der Waals surface area contributed by atoms with Crippen LogP contribution in [0.4, 0.5) is 5.69 Å². The second-order valence-corrected chi connectivity index (χ2v) is 4.96. The molecule has 20 heavy (non-hydrogen) atoms. The number of nitrogen functional groups attached to an aromatic ring is 1. The van der Waals surface area contributed by atoms with Crippen molar-refractivity contribution in [3.05, 3.63) is 44.5 Å². The van der Waals surface area contributed by atoms with Crippen LogP contribution in [0.5, 0.6) is 0 Å². The van der Waals surface area contributed by atoms with Crippen LogP contribution in [0.2, 0.25) is 0 Å². The molecule has 0 aliphatic carbocycles. The number of aryl methyl sites for hydroxylation is 1. The number of primary amides is 1. The summed E-state index contributed by atoms with van der Waals surface area (Å²) in [5, 5.41) is 2.60. The minimum atomic E-state index is -0.879. The first-order chi connectivity index (χ1) is 9.38. The Balaban J connectivity index is 2.43. The first-order valence-electron chi connectivity index (χ1n) is 5.43. The zero-order valence-electron chi connectivity index (χ0n) is 10.4. The third-order valence-corrected chi connectivity index (χ3v) is 3.48. The highest BCUT2D eigenvalue weighted by Gasteiger charge is 2.10. The molecule has 0 atom stereocenters. The van der Waals surface area contributed by atoms with Crippen molar-refractivity contribution in [2.75, 3.05) is 5.73 Å². The molecule has 0 radical (unpaired) electrons. The third kappa shape index (κ3) is 2.72. The SMILES string of the molecule is Cn1[nH]c(=O)c(=O)nc1Sc1ccc(N)c(C(N)=O)c1. The van der Waals surface area contributed by atoms with Crippen LogP contribution in [-0.2, 0) is 7.05 Å². The second-order valence-electron chi connectivity index (χ2n) is 3.91. The maximum atomic E-state index is 11.2. The number of aromatic nitrogens is 3. The Morgan fingerprint density at radius 1 is 1.40 bits per heavy atom. The lowest BCUT2D eigenvalue weighted by atomic mass is 10.2. The molecule has 1 aromatic heterocycles. The molecule has 0 unspecified atom stereocenters. The molecule has 1 amide bonds. The molecule has 9 heteroatoms. The van der Waals surface area contributed by atoms with Gasteiger partial charge in [-0.25, -0.2) is 0 Å². The first-order valence-corrected chi connectivity index (χ1v) is 6.24. The molecule has 2 aromatic rings. The van der Waals surface area contributed by atoms with Gasteiger partial charge in [-0.3, -0.25) is 24.2 Å². The monoisotopic (exact) mass is 293 g/mol. The van der Waals surface area contributed by atoms with Gasteiger partial charge in [-0.2, -0.15) is 4.98 Å². The molecule has 104 valence electrons. The molecule has 1 aromatic carbocycles. The van der Waals surface area contributed by atoms with E-state index in [2.05, 4.69) is 10.1 Å². The Morgan fingerprint density at radius 2 is 2.10 bits per heavy atom. The minimum absolute atomic E-state index is 0.185. The number of rotatable bonds is 3. The van der Waals surface area contributed by atoms with Crippen molar-refractivity contribution in [3.63, 3.8) is 0 Å². The molecular formula is C11H11N5O3S. The Labute approximate surface area is 116 Å². The van der Waals surface area contributed by atoms with Gasteiger partial charge in [-0.05, 0) is 18.2 Å². The average Bonchev–Trinajstić information content (AvgIpc) is 2.37. The van der Waals surface area contributed by atoms with Gasteiger partial charge < -0.3 is 11.5 Å². The molecule has 0 spiro atoms. The third-order valence-electron chi connectivity index (χ3n) is 2.45. The van der Waals surface area contributed by atoms with Crippen molar-refractivity contribution in [1.82, 2.24) is 14.8 Å². The predicted molar refractivity (Wildman–Crippen MR) is 73.6 cm³/mol. The van der Waals surface area contributed by atoms with E-state index in [1.165, 1.54) is 16.8 Å². The van der Waals surface area contributed by atoms with E-state index in [1.54, 1.807) is 13.1 Å². The molecule has 0 bridgehead atoms. The van der Waals surface area contributed by atoms with Crippen LogP contribution >= 0.6 is 11.8 Å². The lowest BCUT2D eigenvalue weighted by molar-refractivity contribution is 0.100. The molecule has 1 heterocycles. The average molecular weight is 293 g/mol. The van der Waals surface area contributed by atoms with Crippen LogP contribution in [0.15, 0.2) is 37.8 Å². The number of benzene rings is 1. The van der Waals surface area contributed by atoms with Crippen molar-refractivity contribution in [2.24, 2.45) is 12.8 Å². The van der Waals surface area contributed by atoms with Crippen molar-refractivity contribution in [2.45, 2.75) is 10.1 Å². The molecule has 0 fully saturated rings. The molecule has 5 N–H and O–H groups in total. The fourth-order valence-corrected chi connectivity index (χ4v) is 2.30. The summed E-state index contributed by atoms with van der Waals surface area (Å²) in [7, 11) is 1.54. The van der Waals surface area contributed by atoms with Crippen LogP contribution in [0, 0.1) is 0 Å². The van der Waals surface area contributed by atoms with Gasteiger partial charge in [0.25, 0.3) is 5.91 Å². The molecule has 0 aliphatic rings. The van der Waals surface area contributed by atoms with E-state index in [-0.39, 0.29) is 16.4 Å². The highest BCUT2D eigenvalue weighted by molar-refractivity contribution is 7.99. The van der Waals surface area contributed by atoms with Gasteiger partial charge in [0.15, 0.2) is 5.16 Å². The van der Waals surface area contributed by atoms with Crippen molar-refractivity contribution >= 4 is 23.4 Å². The van der Waals surface area contributed by atoms with Gasteiger partial charge in [-0.1, -0.05) is 11.8 Å². The zero-order chi connectivity index (χ0) is 14.9. The lowest BCUT2D eigenvalue weighted by Gasteiger charge is -2.07. The normalized spacial score (nSPS) is 10.4. The summed E-state index contributed by atoms with van der Waals surface area (Å²) >= 11 is 1.10. The topological polar surface area (TPSA) is 137 Å². The van der Waals surface area contributed by atoms with Gasteiger partial charge in [0, 0.05) is 17.6 Å². The van der Waals surface area contributed by atoms with Crippen LogP contribution in [-0.4, -0.2) is 20.7 Å². The number of hydrogen-bond acceptors (Lipinski definition) is 6. The fourth-order valence-electron chi connectivity index (χ4n) is 1.47. The van der Waals surface area contributed by atoms with Crippen molar-refractivity contribution in [1.29, 1.82) is 0 Å². The largest absolute Gasteiger partial charge is 0.398 e. The summed E-state index contributed by atoms with van der Waals surface area (Å²) in [4.78, 5) is 37.8. The maximum absolute atomic E-state index is 11.2. The highest BCUT2D eigenvalue weighted by atomic mass is 32.2. The summed E-state index contributed by atoms with van der Waals surface area (Å²) in [6, 6.07) is 4.69. The Hall–Kier alpha value is -2.55.